The van der Waals surface area contributed by atoms with Crippen LogP contribution in [0.4, 0.5) is 0 Å². The Morgan fingerprint density at radius 3 is 2.27 bits per heavy atom. The molecule has 0 spiro atoms. The first-order valence-electron chi connectivity index (χ1n) is 6.45. The van der Waals surface area contributed by atoms with Gasteiger partial charge in [0.05, 0.1) is 20.3 Å². The summed E-state index contributed by atoms with van der Waals surface area (Å²) in [6.07, 6.45) is 0. The van der Waals surface area contributed by atoms with Crippen molar-refractivity contribution in [2.75, 3.05) is 20.3 Å². The third-order valence-corrected chi connectivity index (χ3v) is 4.10. The fourth-order valence-corrected chi connectivity index (χ4v) is 2.65. The predicted octanol–water partition coefficient (Wildman–Crippen LogP) is 1.05. The second kappa shape index (κ2) is 7.27. The molecule has 0 N–H and O–H groups in total. The minimum absolute atomic E-state index is 0. The molecule has 22 heavy (non-hydrogen) atoms. The van der Waals surface area contributed by atoms with E-state index >= 15 is 0 Å². The SMILES string of the molecule is COc1ccc(C2(c3c[c-]c(Cl)c(Cl)c3)OCCO2)cc1.[Li+]. The van der Waals surface area contributed by atoms with Gasteiger partial charge in [-0.25, -0.2) is 0 Å². The van der Waals surface area contributed by atoms with Crippen LogP contribution in [0.25, 0.3) is 0 Å². The van der Waals surface area contributed by atoms with Crippen molar-refractivity contribution in [1.82, 2.24) is 0 Å². The third-order valence-electron chi connectivity index (χ3n) is 3.39. The smallest absolute Gasteiger partial charge is 0.497 e. The molecule has 1 aliphatic heterocycles. The molecule has 2 aromatic carbocycles. The van der Waals surface area contributed by atoms with Crippen LogP contribution in [0.15, 0.2) is 36.4 Å². The average molecular weight is 331 g/mol. The summed E-state index contributed by atoms with van der Waals surface area (Å²) in [4.78, 5) is 0. The molecule has 0 amide bonds. The maximum Gasteiger partial charge on any atom is 1.00 e. The molecule has 0 radical (unpaired) electrons. The van der Waals surface area contributed by atoms with Gasteiger partial charge in [-0.2, -0.15) is 23.7 Å². The molecular weight excluding hydrogens is 318 g/mol. The first kappa shape index (κ1) is 17.7. The monoisotopic (exact) mass is 330 g/mol. The van der Waals surface area contributed by atoms with Gasteiger partial charge in [-0.1, -0.05) is 27.7 Å². The molecule has 1 saturated heterocycles. The van der Waals surface area contributed by atoms with E-state index in [-0.39, 0.29) is 18.9 Å². The van der Waals surface area contributed by atoms with Gasteiger partial charge in [0.15, 0.2) is 5.79 Å². The van der Waals surface area contributed by atoms with Gasteiger partial charge in [-0.3, -0.25) is 0 Å². The molecular formula is C16H13Cl2LiO3. The van der Waals surface area contributed by atoms with Crippen LogP contribution >= 0.6 is 23.2 Å². The molecule has 1 fully saturated rings. The van der Waals surface area contributed by atoms with Gasteiger partial charge in [-0.05, 0) is 12.1 Å². The van der Waals surface area contributed by atoms with E-state index in [2.05, 4.69) is 6.07 Å². The van der Waals surface area contributed by atoms with Crippen LogP contribution in [0.1, 0.15) is 11.1 Å². The van der Waals surface area contributed by atoms with Crippen molar-refractivity contribution in [1.29, 1.82) is 0 Å². The van der Waals surface area contributed by atoms with Crippen molar-refractivity contribution in [3.63, 3.8) is 0 Å². The Morgan fingerprint density at radius 1 is 1.09 bits per heavy atom. The van der Waals surface area contributed by atoms with Gasteiger partial charge in [0.1, 0.15) is 5.75 Å². The topological polar surface area (TPSA) is 27.7 Å². The summed E-state index contributed by atoms with van der Waals surface area (Å²) in [6, 6.07) is 13.9. The van der Waals surface area contributed by atoms with E-state index in [4.69, 9.17) is 37.4 Å². The van der Waals surface area contributed by atoms with Crippen molar-refractivity contribution in [2.24, 2.45) is 0 Å². The molecule has 0 bridgehead atoms. The van der Waals surface area contributed by atoms with E-state index in [0.717, 1.165) is 16.9 Å². The summed E-state index contributed by atoms with van der Waals surface area (Å²) < 4.78 is 17.0. The molecule has 1 aliphatic rings. The Kier molecular flexibility index (Phi) is 5.85. The number of halogens is 2. The third kappa shape index (κ3) is 3.16. The minimum Gasteiger partial charge on any atom is -0.497 e. The van der Waals surface area contributed by atoms with Crippen molar-refractivity contribution in [2.45, 2.75) is 5.79 Å². The van der Waals surface area contributed by atoms with E-state index in [9.17, 15) is 0 Å². The van der Waals surface area contributed by atoms with Gasteiger partial charge in [-0.15, -0.1) is 17.7 Å². The summed E-state index contributed by atoms with van der Waals surface area (Å²) in [5.74, 6) is -0.204. The average Bonchev–Trinajstić information content (AvgIpc) is 3.01. The van der Waals surface area contributed by atoms with Crippen molar-refractivity contribution in [3.8, 4) is 5.75 Å². The molecule has 0 atom stereocenters. The van der Waals surface area contributed by atoms with E-state index in [1.54, 1.807) is 19.2 Å². The van der Waals surface area contributed by atoms with Crippen LogP contribution in [-0.2, 0) is 15.3 Å². The summed E-state index contributed by atoms with van der Waals surface area (Å²) >= 11 is 12.0. The Hall–Kier alpha value is -0.663. The van der Waals surface area contributed by atoms with Crippen LogP contribution in [0.5, 0.6) is 5.75 Å². The number of methoxy groups -OCH3 is 1. The number of ether oxygens (including phenoxy) is 3. The predicted molar refractivity (Wildman–Crippen MR) is 81.0 cm³/mol. The van der Waals surface area contributed by atoms with E-state index in [0.29, 0.717) is 23.3 Å². The van der Waals surface area contributed by atoms with Crippen LogP contribution in [0.3, 0.4) is 0 Å². The number of benzene rings is 2. The standard InChI is InChI=1S/C16H13Cl2O3.Li/c1-19-13-5-2-11(3-6-13)16(20-8-9-21-16)12-4-7-14(17)15(18)10-12;/h2-6,10H,8-9H2,1H3;/q-1;+1. The van der Waals surface area contributed by atoms with E-state index < -0.39 is 5.79 Å². The Bertz CT molecular complexity index is 640. The number of rotatable bonds is 3. The Morgan fingerprint density at radius 2 is 1.73 bits per heavy atom. The molecule has 0 aliphatic carbocycles. The molecule has 2 aromatic rings. The first-order valence-corrected chi connectivity index (χ1v) is 7.21. The molecule has 6 heteroatoms. The van der Waals surface area contributed by atoms with Crippen LogP contribution in [0.2, 0.25) is 10.0 Å². The maximum atomic E-state index is 6.10. The zero-order valence-electron chi connectivity index (χ0n) is 12.4. The minimum atomic E-state index is -0.975. The molecule has 3 nitrogen and oxygen atoms in total. The maximum absolute atomic E-state index is 6.10. The fourth-order valence-electron chi connectivity index (χ4n) is 2.36. The van der Waals surface area contributed by atoms with Gasteiger partial charge in [0.25, 0.3) is 0 Å². The molecule has 3 rings (SSSR count). The molecule has 1 heterocycles. The summed E-state index contributed by atoms with van der Waals surface area (Å²) in [5.41, 5.74) is 1.63. The van der Waals surface area contributed by atoms with Crippen molar-refractivity contribution in [3.05, 3.63) is 63.6 Å². The molecule has 110 valence electrons. The number of hydrogen-bond acceptors (Lipinski definition) is 3. The van der Waals surface area contributed by atoms with Gasteiger partial charge < -0.3 is 14.2 Å². The van der Waals surface area contributed by atoms with E-state index in [1.165, 1.54) is 0 Å². The first-order chi connectivity index (χ1) is 10.2. The molecule has 0 saturated carbocycles. The van der Waals surface area contributed by atoms with Gasteiger partial charge in [0.2, 0.25) is 0 Å². The number of hydrogen-bond donors (Lipinski definition) is 0. The van der Waals surface area contributed by atoms with E-state index in [1.807, 2.05) is 24.3 Å². The molecule has 0 aromatic heterocycles. The zero-order valence-corrected chi connectivity index (χ0v) is 13.9. The summed E-state index contributed by atoms with van der Waals surface area (Å²) in [7, 11) is 1.63. The Labute approximate surface area is 151 Å². The quantitative estimate of drug-likeness (QED) is 0.622. The fraction of sp³-hybridized carbons (Fsp3) is 0.250. The second-order valence-electron chi connectivity index (χ2n) is 4.59. The summed E-state index contributed by atoms with van der Waals surface area (Å²) in [6.45, 7) is 1.01. The second-order valence-corrected chi connectivity index (χ2v) is 5.38. The van der Waals surface area contributed by atoms with Gasteiger partial charge in [0, 0.05) is 5.56 Å². The van der Waals surface area contributed by atoms with Crippen LogP contribution in [0, 0.1) is 6.07 Å². The summed E-state index contributed by atoms with van der Waals surface area (Å²) in [5, 5.41) is 0.796. The van der Waals surface area contributed by atoms with Crippen molar-refractivity contribution < 1.29 is 33.1 Å². The molecule has 0 unspecified atom stereocenters. The normalized spacial score (nSPS) is 16.1. The van der Waals surface area contributed by atoms with Gasteiger partial charge >= 0.3 is 18.9 Å². The van der Waals surface area contributed by atoms with Crippen LogP contribution < -0.4 is 23.6 Å². The zero-order chi connectivity index (χ0) is 14.9. The Balaban J connectivity index is 0.00000176. The van der Waals surface area contributed by atoms with Crippen molar-refractivity contribution >= 4 is 23.2 Å². The largest absolute Gasteiger partial charge is 1.00 e. The van der Waals surface area contributed by atoms with Crippen LogP contribution in [-0.4, -0.2) is 20.3 Å².